The summed E-state index contributed by atoms with van der Waals surface area (Å²) in [6, 6.07) is 0.232. The lowest BCUT2D eigenvalue weighted by molar-refractivity contribution is -0.384. The SMILES string of the molecule is CCn1nc(C)c([N+](=O)[O-])c1NCC(C)NC. The fourth-order valence-corrected chi connectivity index (χ4v) is 1.55. The number of nitrogens with zero attached hydrogens (tertiary/aromatic N) is 3. The molecule has 0 radical (unpaired) electrons. The van der Waals surface area contributed by atoms with Gasteiger partial charge in [0.1, 0.15) is 5.69 Å². The van der Waals surface area contributed by atoms with Crippen LogP contribution in [0.2, 0.25) is 0 Å². The third kappa shape index (κ3) is 2.94. The smallest absolute Gasteiger partial charge is 0.333 e. The molecule has 0 aliphatic heterocycles. The fourth-order valence-electron chi connectivity index (χ4n) is 1.55. The molecule has 0 saturated heterocycles. The second-order valence-electron chi connectivity index (χ2n) is 3.93. The van der Waals surface area contributed by atoms with E-state index in [4.69, 9.17) is 0 Å². The number of aryl methyl sites for hydroxylation is 2. The standard InChI is InChI=1S/C10H19N5O2/c1-5-14-10(12-6-7(2)11-4)9(15(16)17)8(3)13-14/h7,11-12H,5-6H2,1-4H3. The van der Waals surface area contributed by atoms with Crippen molar-refractivity contribution in [2.75, 3.05) is 18.9 Å². The van der Waals surface area contributed by atoms with Crippen molar-refractivity contribution in [1.82, 2.24) is 15.1 Å². The summed E-state index contributed by atoms with van der Waals surface area (Å²) in [5, 5.41) is 21.3. The van der Waals surface area contributed by atoms with Gasteiger partial charge >= 0.3 is 5.69 Å². The molecule has 1 atom stereocenters. The van der Waals surface area contributed by atoms with E-state index in [2.05, 4.69) is 15.7 Å². The molecule has 0 aliphatic rings. The predicted molar refractivity (Wildman–Crippen MR) is 66.3 cm³/mol. The molecule has 1 aromatic rings. The summed E-state index contributed by atoms with van der Waals surface area (Å²) in [5.41, 5.74) is 0.506. The van der Waals surface area contributed by atoms with Crippen LogP contribution in [-0.4, -0.2) is 34.3 Å². The quantitative estimate of drug-likeness (QED) is 0.576. The van der Waals surface area contributed by atoms with Gasteiger partial charge in [0.25, 0.3) is 0 Å². The number of aromatic nitrogens is 2. The average Bonchev–Trinajstić information content (AvgIpc) is 2.62. The molecule has 0 spiro atoms. The highest BCUT2D eigenvalue weighted by Gasteiger charge is 2.24. The van der Waals surface area contributed by atoms with Crippen molar-refractivity contribution < 1.29 is 4.92 Å². The van der Waals surface area contributed by atoms with Crippen molar-refractivity contribution in [3.8, 4) is 0 Å². The molecule has 0 fully saturated rings. The number of anilines is 1. The second kappa shape index (κ2) is 5.62. The molecular formula is C10H19N5O2. The van der Waals surface area contributed by atoms with Crippen LogP contribution >= 0.6 is 0 Å². The van der Waals surface area contributed by atoms with Crippen LogP contribution in [-0.2, 0) is 6.54 Å². The minimum absolute atomic E-state index is 0.0650. The van der Waals surface area contributed by atoms with Crippen molar-refractivity contribution in [3.63, 3.8) is 0 Å². The van der Waals surface area contributed by atoms with E-state index >= 15 is 0 Å². The van der Waals surface area contributed by atoms with Gasteiger partial charge in [0.05, 0.1) is 4.92 Å². The van der Waals surface area contributed by atoms with Crippen molar-refractivity contribution in [2.24, 2.45) is 0 Å². The lowest BCUT2D eigenvalue weighted by Crippen LogP contribution is -2.30. The van der Waals surface area contributed by atoms with Gasteiger partial charge in [-0.2, -0.15) is 5.10 Å². The first-order valence-electron chi connectivity index (χ1n) is 5.64. The molecule has 17 heavy (non-hydrogen) atoms. The van der Waals surface area contributed by atoms with Gasteiger partial charge in [-0.1, -0.05) is 0 Å². The highest BCUT2D eigenvalue weighted by Crippen LogP contribution is 2.27. The van der Waals surface area contributed by atoms with E-state index in [9.17, 15) is 10.1 Å². The summed E-state index contributed by atoms with van der Waals surface area (Å²) in [4.78, 5) is 10.6. The molecule has 2 N–H and O–H groups in total. The number of rotatable bonds is 6. The average molecular weight is 241 g/mol. The van der Waals surface area contributed by atoms with E-state index in [1.54, 1.807) is 11.6 Å². The topological polar surface area (TPSA) is 85.0 Å². The molecular weight excluding hydrogens is 222 g/mol. The number of nitro groups is 1. The van der Waals surface area contributed by atoms with Gasteiger partial charge in [-0.3, -0.25) is 10.1 Å². The van der Waals surface area contributed by atoms with E-state index < -0.39 is 0 Å². The van der Waals surface area contributed by atoms with Crippen LogP contribution in [0.3, 0.4) is 0 Å². The molecule has 0 aromatic carbocycles. The maximum Gasteiger partial charge on any atom is 0.333 e. The molecule has 96 valence electrons. The van der Waals surface area contributed by atoms with E-state index in [1.165, 1.54) is 0 Å². The molecule has 1 unspecified atom stereocenters. The van der Waals surface area contributed by atoms with Gasteiger partial charge in [0, 0.05) is 19.1 Å². The van der Waals surface area contributed by atoms with Crippen molar-refractivity contribution in [1.29, 1.82) is 0 Å². The van der Waals surface area contributed by atoms with Crippen LogP contribution in [0.25, 0.3) is 0 Å². The lowest BCUT2D eigenvalue weighted by atomic mass is 10.3. The summed E-state index contributed by atoms with van der Waals surface area (Å²) in [7, 11) is 1.85. The largest absolute Gasteiger partial charge is 0.363 e. The van der Waals surface area contributed by atoms with E-state index in [0.29, 0.717) is 24.6 Å². The summed E-state index contributed by atoms with van der Waals surface area (Å²) >= 11 is 0. The minimum Gasteiger partial charge on any atom is -0.363 e. The number of likely N-dealkylation sites (N-methyl/N-ethyl adjacent to an activating group) is 1. The summed E-state index contributed by atoms with van der Waals surface area (Å²) < 4.78 is 1.62. The lowest BCUT2D eigenvalue weighted by Gasteiger charge is -2.12. The third-order valence-corrected chi connectivity index (χ3v) is 2.65. The van der Waals surface area contributed by atoms with Crippen LogP contribution in [0.4, 0.5) is 11.5 Å². The van der Waals surface area contributed by atoms with Crippen LogP contribution in [0.5, 0.6) is 0 Å². The Morgan fingerprint density at radius 2 is 2.24 bits per heavy atom. The zero-order valence-corrected chi connectivity index (χ0v) is 10.6. The monoisotopic (exact) mass is 241 g/mol. The Balaban J connectivity index is 2.98. The first-order valence-corrected chi connectivity index (χ1v) is 5.64. The first kappa shape index (κ1) is 13.4. The fraction of sp³-hybridized carbons (Fsp3) is 0.700. The van der Waals surface area contributed by atoms with Gasteiger partial charge in [-0.15, -0.1) is 0 Å². The van der Waals surface area contributed by atoms with Gasteiger partial charge in [0.15, 0.2) is 0 Å². The Hall–Kier alpha value is -1.63. The van der Waals surface area contributed by atoms with Crippen LogP contribution in [0.1, 0.15) is 19.5 Å². The van der Waals surface area contributed by atoms with E-state index in [0.717, 1.165) is 0 Å². The third-order valence-electron chi connectivity index (χ3n) is 2.65. The molecule has 1 aromatic heterocycles. The Bertz CT molecular complexity index is 402. The Morgan fingerprint density at radius 3 is 2.71 bits per heavy atom. The van der Waals surface area contributed by atoms with Crippen LogP contribution in [0, 0.1) is 17.0 Å². The molecule has 1 heterocycles. The van der Waals surface area contributed by atoms with Gasteiger partial charge in [-0.05, 0) is 27.8 Å². The molecule has 0 amide bonds. The molecule has 0 aliphatic carbocycles. The zero-order valence-electron chi connectivity index (χ0n) is 10.6. The van der Waals surface area contributed by atoms with Gasteiger partial charge in [0.2, 0.25) is 5.82 Å². The molecule has 7 nitrogen and oxygen atoms in total. The van der Waals surface area contributed by atoms with Crippen molar-refractivity contribution in [2.45, 2.75) is 33.4 Å². The summed E-state index contributed by atoms with van der Waals surface area (Å²) in [6.45, 7) is 6.77. The molecule has 0 bridgehead atoms. The van der Waals surface area contributed by atoms with Crippen LogP contribution in [0.15, 0.2) is 0 Å². The number of hydrogen-bond donors (Lipinski definition) is 2. The Kier molecular flexibility index (Phi) is 4.45. The Morgan fingerprint density at radius 1 is 1.59 bits per heavy atom. The highest BCUT2D eigenvalue weighted by molar-refractivity contribution is 5.59. The molecule has 0 saturated carbocycles. The second-order valence-corrected chi connectivity index (χ2v) is 3.93. The van der Waals surface area contributed by atoms with Gasteiger partial charge in [-0.25, -0.2) is 4.68 Å². The van der Waals surface area contributed by atoms with E-state index in [1.807, 2.05) is 20.9 Å². The first-order chi connectivity index (χ1) is 8.01. The van der Waals surface area contributed by atoms with Gasteiger partial charge < -0.3 is 10.6 Å². The summed E-state index contributed by atoms with van der Waals surface area (Å²) in [5.74, 6) is 0.483. The number of hydrogen-bond acceptors (Lipinski definition) is 5. The molecule has 7 heteroatoms. The maximum absolute atomic E-state index is 11.0. The van der Waals surface area contributed by atoms with E-state index in [-0.39, 0.29) is 16.7 Å². The maximum atomic E-state index is 11.0. The highest BCUT2D eigenvalue weighted by atomic mass is 16.6. The van der Waals surface area contributed by atoms with Crippen LogP contribution < -0.4 is 10.6 Å². The summed E-state index contributed by atoms with van der Waals surface area (Å²) in [6.07, 6.45) is 0. The predicted octanol–water partition coefficient (Wildman–Crippen LogP) is 1.14. The minimum atomic E-state index is -0.388. The van der Waals surface area contributed by atoms with Crippen molar-refractivity contribution >= 4 is 11.5 Å². The number of nitrogens with one attached hydrogen (secondary N) is 2. The van der Waals surface area contributed by atoms with Crippen molar-refractivity contribution in [3.05, 3.63) is 15.8 Å². The molecule has 1 rings (SSSR count). The zero-order chi connectivity index (χ0) is 13.0. The normalized spacial score (nSPS) is 12.5. The Labute approximate surface area is 100 Å².